The Hall–Kier alpha value is -7.98. The van der Waals surface area contributed by atoms with Crippen LogP contribution in [0.3, 0.4) is 0 Å². The molecule has 0 unspecified atom stereocenters. The van der Waals surface area contributed by atoms with E-state index >= 15 is 0 Å². The molecule has 0 fully saturated rings. The zero-order valence-electron chi connectivity index (χ0n) is 34.2. The van der Waals surface area contributed by atoms with Crippen molar-refractivity contribution in [3.05, 3.63) is 231 Å². The quantitative estimate of drug-likeness (QED) is 0.158. The fourth-order valence-corrected chi connectivity index (χ4v) is 11.2. The van der Waals surface area contributed by atoms with Gasteiger partial charge in [-0.05, 0) is 117 Å². The maximum Gasteiger partial charge on any atom is 0.0562 e. The second kappa shape index (κ2) is 14.3. The molecule has 294 valence electrons. The van der Waals surface area contributed by atoms with Gasteiger partial charge in [0.2, 0.25) is 0 Å². The van der Waals surface area contributed by atoms with Crippen LogP contribution >= 0.6 is 11.3 Å². The largest absolute Gasteiger partial charge is 0.309 e. The number of hydrogen-bond acceptors (Lipinski definition) is 1. The van der Waals surface area contributed by atoms with E-state index in [-0.39, 0.29) is 0 Å². The number of hydrogen-bond donors (Lipinski definition) is 0. The monoisotopic (exact) mass is 818 g/mol. The third-order valence-corrected chi connectivity index (χ3v) is 14.1. The average Bonchev–Trinajstić information content (AvgIpc) is 4.01. The fourth-order valence-electron chi connectivity index (χ4n) is 9.95. The molecule has 3 heteroatoms. The standard InChI is InChI=1S/C60H38N2S/c1-4-15-39(16-5-1)43-33-44(40-17-6-2-7-18-40)35-45(34-43)42-29-32-50-54-37-53-49-21-10-12-25-55(49)61(57(53)38-58(54)62(56(50)36-42)46-19-8-3-9-20-46)47-30-27-41(28-31-47)48-23-14-24-52-51-22-11-13-26-59(51)63-60(48)52/h1-38H. The van der Waals surface area contributed by atoms with Crippen LogP contribution in [-0.2, 0) is 0 Å². The highest BCUT2D eigenvalue weighted by molar-refractivity contribution is 7.26. The summed E-state index contributed by atoms with van der Waals surface area (Å²) in [5, 5.41) is 7.62. The van der Waals surface area contributed by atoms with Crippen molar-refractivity contribution in [2.45, 2.75) is 0 Å². The molecule has 0 spiro atoms. The van der Waals surface area contributed by atoms with Crippen molar-refractivity contribution < 1.29 is 0 Å². The lowest BCUT2D eigenvalue weighted by Crippen LogP contribution is -1.96. The van der Waals surface area contributed by atoms with Crippen molar-refractivity contribution >= 4 is 75.1 Å². The molecule has 0 atom stereocenters. The smallest absolute Gasteiger partial charge is 0.0562 e. The zero-order chi connectivity index (χ0) is 41.4. The molecule has 13 rings (SSSR count). The van der Waals surface area contributed by atoms with Crippen LogP contribution in [0.25, 0.3) is 120 Å². The van der Waals surface area contributed by atoms with Crippen LogP contribution in [0, 0.1) is 0 Å². The lowest BCUT2D eigenvalue weighted by Gasteiger charge is -2.13. The van der Waals surface area contributed by atoms with Crippen LogP contribution < -0.4 is 0 Å². The molecule has 63 heavy (non-hydrogen) atoms. The second-order valence-corrected chi connectivity index (χ2v) is 17.6. The van der Waals surface area contributed by atoms with E-state index in [0.29, 0.717) is 0 Å². The van der Waals surface area contributed by atoms with Crippen LogP contribution in [0.2, 0.25) is 0 Å². The van der Waals surface area contributed by atoms with Crippen molar-refractivity contribution in [3.63, 3.8) is 0 Å². The normalized spacial score (nSPS) is 11.8. The molecular weight excluding hydrogens is 781 g/mol. The molecule has 0 aliphatic heterocycles. The van der Waals surface area contributed by atoms with Gasteiger partial charge >= 0.3 is 0 Å². The summed E-state index contributed by atoms with van der Waals surface area (Å²) >= 11 is 1.88. The first-order valence-corrected chi connectivity index (χ1v) is 22.4. The van der Waals surface area contributed by atoms with Gasteiger partial charge in [-0.25, -0.2) is 0 Å². The topological polar surface area (TPSA) is 9.86 Å². The number of fused-ring (bicyclic) bond motifs is 9. The van der Waals surface area contributed by atoms with Gasteiger partial charge in [-0.15, -0.1) is 11.3 Å². The molecule has 13 aromatic rings. The molecule has 0 bridgehead atoms. The van der Waals surface area contributed by atoms with Gasteiger partial charge in [0, 0.05) is 53.1 Å². The van der Waals surface area contributed by atoms with Gasteiger partial charge < -0.3 is 9.13 Å². The Balaban J connectivity index is 1.01. The van der Waals surface area contributed by atoms with Crippen LogP contribution in [0.1, 0.15) is 0 Å². The molecule has 0 saturated carbocycles. The summed E-state index contributed by atoms with van der Waals surface area (Å²) < 4.78 is 7.57. The van der Waals surface area contributed by atoms with Gasteiger partial charge in [0.15, 0.2) is 0 Å². The molecule has 0 N–H and O–H groups in total. The summed E-state index contributed by atoms with van der Waals surface area (Å²) in [6.45, 7) is 0. The SMILES string of the molecule is c1ccc(-c2cc(-c3ccccc3)cc(-c3ccc4c5cc6c7ccccc7n(-c7ccc(-c8cccc9c8sc8ccccc89)cc7)c6cc5n(-c5ccccc5)c4c3)c2)cc1. The fraction of sp³-hybridized carbons (Fsp3) is 0. The lowest BCUT2D eigenvalue weighted by atomic mass is 9.93. The molecule has 3 aromatic heterocycles. The van der Waals surface area contributed by atoms with Crippen molar-refractivity contribution in [2.75, 3.05) is 0 Å². The van der Waals surface area contributed by atoms with Crippen molar-refractivity contribution in [1.82, 2.24) is 9.13 Å². The van der Waals surface area contributed by atoms with Crippen LogP contribution in [0.5, 0.6) is 0 Å². The minimum absolute atomic E-state index is 1.14. The molecule has 10 aromatic carbocycles. The van der Waals surface area contributed by atoms with Crippen LogP contribution in [0.15, 0.2) is 231 Å². The predicted octanol–water partition coefficient (Wildman–Crippen LogP) is 16.9. The number of rotatable bonds is 6. The molecule has 3 heterocycles. The maximum atomic E-state index is 2.46. The minimum Gasteiger partial charge on any atom is -0.309 e. The summed E-state index contributed by atoms with van der Waals surface area (Å²) in [6.07, 6.45) is 0. The van der Waals surface area contributed by atoms with Crippen molar-refractivity contribution in [1.29, 1.82) is 0 Å². The Morgan fingerprint density at radius 1 is 0.254 bits per heavy atom. The van der Waals surface area contributed by atoms with Crippen LogP contribution in [0.4, 0.5) is 0 Å². The van der Waals surface area contributed by atoms with E-state index in [9.17, 15) is 0 Å². The van der Waals surface area contributed by atoms with E-state index in [4.69, 9.17) is 0 Å². The van der Waals surface area contributed by atoms with Gasteiger partial charge in [-0.1, -0.05) is 158 Å². The zero-order valence-corrected chi connectivity index (χ0v) is 35.1. The molecule has 0 radical (unpaired) electrons. The Bertz CT molecular complexity index is 3820. The summed E-state index contributed by atoms with van der Waals surface area (Å²) in [7, 11) is 0. The maximum absolute atomic E-state index is 2.46. The Kier molecular flexibility index (Phi) is 8.12. The van der Waals surface area contributed by atoms with Gasteiger partial charge in [0.1, 0.15) is 0 Å². The Morgan fingerprint density at radius 2 is 0.762 bits per heavy atom. The highest BCUT2D eigenvalue weighted by Crippen LogP contribution is 2.43. The van der Waals surface area contributed by atoms with Gasteiger partial charge in [-0.3, -0.25) is 0 Å². The first kappa shape index (κ1) is 35.7. The van der Waals surface area contributed by atoms with Crippen molar-refractivity contribution in [2.24, 2.45) is 0 Å². The van der Waals surface area contributed by atoms with E-state index in [1.165, 1.54) is 108 Å². The van der Waals surface area contributed by atoms with Gasteiger partial charge in [0.25, 0.3) is 0 Å². The Labute approximate surface area is 368 Å². The van der Waals surface area contributed by atoms with Crippen LogP contribution in [-0.4, -0.2) is 9.13 Å². The third-order valence-electron chi connectivity index (χ3n) is 12.9. The van der Waals surface area contributed by atoms with E-state index in [1.54, 1.807) is 0 Å². The highest BCUT2D eigenvalue weighted by Gasteiger charge is 2.20. The number of nitrogens with zero attached hydrogens (tertiary/aromatic N) is 2. The first-order chi connectivity index (χ1) is 31.2. The van der Waals surface area contributed by atoms with E-state index in [0.717, 1.165) is 11.4 Å². The van der Waals surface area contributed by atoms with E-state index in [1.807, 2.05) is 11.3 Å². The van der Waals surface area contributed by atoms with Crippen molar-refractivity contribution in [3.8, 4) is 55.9 Å². The average molecular weight is 819 g/mol. The van der Waals surface area contributed by atoms with E-state index < -0.39 is 0 Å². The number of aromatic nitrogens is 2. The first-order valence-electron chi connectivity index (χ1n) is 21.6. The van der Waals surface area contributed by atoms with E-state index in [2.05, 4.69) is 240 Å². The molecule has 0 saturated heterocycles. The number of para-hydroxylation sites is 2. The lowest BCUT2D eigenvalue weighted by molar-refractivity contribution is 1.16. The minimum atomic E-state index is 1.14. The summed E-state index contributed by atoms with van der Waals surface area (Å²) in [6, 6.07) is 84.7. The molecule has 0 aliphatic carbocycles. The second-order valence-electron chi connectivity index (χ2n) is 16.5. The Morgan fingerprint density at radius 3 is 1.46 bits per heavy atom. The number of thiophene rings is 1. The summed E-state index contributed by atoms with van der Waals surface area (Å²) in [5.41, 5.74) is 16.7. The molecular formula is C60H38N2S. The highest BCUT2D eigenvalue weighted by atomic mass is 32.1. The molecule has 0 aliphatic rings. The van der Waals surface area contributed by atoms with Gasteiger partial charge in [-0.2, -0.15) is 0 Å². The number of benzene rings is 10. The van der Waals surface area contributed by atoms with Gasteiger partial charge in [0.05, 0.1) is 22.1 Å². The third kappa shape index (κ3) is 5.78. The summed E-state index contributed by atoms with van der Waals surface area (Å²) in [5.74, 6) is 0. The molecule has 0 amide bonds. The summed E-state index contributed by atoms with van der Waals surface area (Å²) in [4.78, 5) is 0. The predicted molar refractivity (Wildman–Crippen MR) is 270 cm³/mol. The molecule has 2 nitrogen and oxygen atoms in total.